The van der Waals surface area contributed by atoms with Crippen LogP contribution >= 0.6 is 0 Å². The minimum absolute atomic E-state index is 0.0972. The number of piperidine rings is 1. The van der Waals surface area contributed by atoms with Gasteiger partial charge in [-0.2, -0.15) is 0 Å². The Morgan fingerprint density at radius 3 is 2.78 bits per heavy atom. The summed E-state index contributed by atoms with van der Waals surface area (Å²) in [5.41, 5.74) is 0.387. The monoisotopic (exact) mass is 319 g/mol. The Morgan fingerprint density at radius 2 is 2.13 bits per heavy atom. The van der Waals surface area contributed by atoms with Crippen LogP contribution in [0.2, 0.25) is 0 Å². The van der Waals surface area contributed by atoms with Crippen LogP contribution in [0.15, 0.2) is 18.3 Å². The number of nitrogens with one attached hydrogen (secondary N) is 1. The first-order valence-electron chi connectivity index (χ1n) is 7.96. The zero-order chi connectivity index (χ0) is 17.0. The van der Waals surface area contributed by atoms with E-state index in [1.54, 1.807) is 11.1 Å². The SMILES string of the molecule is Cc1cccnc1NC(=O)[C@@H]1CCCN(C(=O)OC(C)(C)C)C1. The molecule has 1 aliphatic heterocycles. The first-order chi connectivity index (χ1) is 10.8. The van der Waals surface area contributed by atoms with Gasteiger partial charge in [0.25, 0.3) is 0 Å². The van der Waals surface area contributed by atoms with Gasteiger partial charge in [-0.05, 0) is 52.2 Å². The number of ether oxygens (including phenoxy) is 1. The van der Waals surface area contributed by atoms with Crippen LogP contribution < -0.4 is 5.32 Å². The minimum atomic E-state index is -0.530. The molecule has 1 fully saturated rings. The molecular formula is C17H25N3O3. The van der Waals surface area contributed by atoms with Gasteiger partial charge in [-0.3, -0.25) is 4.79 Å². The van der Waals surface area contributed by atoms with Crippen molar-refractivity contribution in [3.8, 4) is 0 Å². The van der Waals surface area contributed by atoms with Gasteiger partial charge >= 0.3 is 6.09 Å². The fraction of sp³-hybridized carbons (Fsp3) is 0.588. The standard InChI is InChI=1S/C17H25N3O3/c1-12-7-5-9-18-14(12)19-15(21)13-8-6-10-20(11-13)16(22)23-17(2,3)4/h5,7,9,13H,6,8,10-11H2,1-4H3,(H,18,19,21)/t13-/m1/s1. The zero-order valence-electron chi connectivity index (χ0n) is 14.3. The number of pyridine rings is 1. The molecule has 2 heterocycles. The summed E-state index contributed by atoms with van der Waals surface area (Å²) in [6, 6.07) is 3.73. The van der Waals surface area contributed by atoms with Gasteiger partial charge in [-0.25, -0.2) is 9.78 Å². The predicted molar refractivity (Wildman–Crippen MR) is 88.1 cm³/mol. The molecule has 1 aromatic heterocycles. The average molecular weight is 319 g/mol. The molecule has 1 atom stereocenters. The fourth-order valence-electron chi connectivity index (χ4n) is 2.52. The Bertz CT molecular complexity index is 581. The van der Waals surface area contributed by atoms with E-state index in [1.165, 1.54) is 0 Å². The number of hydrogen-bond donors (Lipinski definition) is 1. The summed E-state index contributed by atoms with van der Waals surface area (Å²) in [5, 5.41) is 2.86. The van der Waals surface area contributed by atoms with Crippen molar-refractivity contribution in [2.45, 2.75) is 46.1 Å². The maximum absolute atomic E-state index is 12.4. The van der Waals surface area contributed by atoms with Crippen LogP contribution in [0.4, 0.5) is 10.6 Å². The summed E-state index contributed by atoms with van der Waals surface area (Å²) in [7, 11) is 0. The summed E-state index contributed by atoms with van der Waals surface area (Å²) in [6.07, 6.45) is 2.84. The van der Waals surface area contributed by atoms with Crippen molar-refractivity contribution >= 4 is 17.8 Å². The largest absolute Gasteiger partial charge is 0.444 e. The number of aryl methyl sites for hydroxylation is 1. The van der Waals surface area contributed by atoms with Gasteiger partial charge in [0.2, 0.25) is 5.91 Å². The molecule has 126 valence electrons. The lowest BCUT2D eigenvalue weighted by atomic mass is 9.97. The molecule has 1 N–H and O–H groups in total. The van der Waals surface area contributed by atoms with Crippen molar-refractivity contribution in [2.75, 3.05) is 18.4 Å². The van der Waals surface area contributed by atoms with Gasteiger partial charge in [0.05, 0.1) is 5.92 Å². The lowest BCUT2D eigenvalue weighted by molar-refractivity contribution is -0.121. The molecule has 2 rings (SSSR count). The summed E-state index contributed by atoms with van der Waals surface area (Å²) in [6.45, 7) is 8.42. The number of rotatable bonds is 2. The molecule has 1 aromatic rings. The number of hydrogen-bond acceptors (Lipinski definition) is 4. The fourth-order valence-corrected chi connectivity index (χ4v) is 2.52. The van der Waals surface area contributed by atoms with Gasteiger partial charge in [0, 0.05) is 19.3 Å². The van der Waals surface area contributed by atoms with Crippen molar-refractivity contribution in [3.63, 3.8) is 0 Å². The molecule has 0 spiro atoms. The second kappa shape index (κ2) is 6.98. The molecule has 1 saturated heterocycles. The summed E-state index contributed by atoms with van der Waals surface area (Å²) >= 11 is 0. The van der Waals surface area contributed by atoms with E-state index in [0.717, 1.165) is 18.4 Å². The number of carbonyl (C=O) groups excluding carboxylic acids is 2. The normalized spacial score (nSPS) is 18.4. The second-order valence-electron chi connectivity index (χ2n) is 6.92. The average Bonchev–Trinajstić information content (AvgIpc) is 2.48. The molecular weight excluding hydrogens is 294 g/mol. The zero-order valence-corrected chi connectivity index (χ0v) is 14.3. The van der Waals surface area contributed by atoms with E-state index in [1.807, 2.05) is 39.8 Å². The first-order valence-corrected chi connectivity index (χ1v) is 7.96. The summed E-state index contributed by atoms with van der Waals surface area (Å²) < 4.78 is 5.39. The Hall–Kier alpha value is -2.11. The highest BCUT2D eigenvalue weighted by Crippen LogP contribution is 2.21. The van der Waals surface area contributed by atoms with Gasteiger partial charge < -0.3 is 15.0 Å². The van der Waals surface area contributed by atoms with Crippen LogP contribution in [0.5, 0.6) is 0 Å². The molecule has 6 heteroatoms. The lowest BCUT2D eigenvalue weighted by Gasteiger charge is -2.33. The maximum Gasteiger partial charge on any atom is 0.410 e. The molecule has 0 saturated carbocycles. The number of likely N-dealkylation sites (tertiary alicyclic amines) is 1. The van der Waals surface area contributed by atoms with Gasteiger partial charge in [0.1, 0.15) is 11.4 Å². The third-order valence-corrected chi connectivity index (χ3v) is 3.69. The number of carbonyl (C=O) groups is 2. The quantitative estimate of drug-likeness (QED) is 0.909. The highest BCUT2D eigenvalue weighted by atomic mass is 16.6. The molecule has 2 amide bonds. The van der Waals surface area contributed by atoms with E-state index in [4.69, 9.17) is 4.74 Å². The first kappa shape index (κ1) is 17.2. The van der Waals surface area contributed by atoms with E-state index in [0.29, 0.717) is 18.9 Å². The minimum Gasteiger partial charge on any atom is -0.444 e. The van der Waals surface area contributed by atoms with E-state index in [9.17, 15) is 9.59 Å². The van der Waals surface area contributed by atoms with Crippen LogP contribution in [-0.2, 0) is 9.53 Å². The summed E-state index contributed by atoms with van der Waals surface area (Å²) in [4.78, 5) is 30.4. The highest BCUT2D eigenvalue weighted by molar-refractivity contribution is 5.92. The van der Waals surface area contributed by atoms with E-state index < -0.39 is 5.60 Å². The number of anilines is 1. The van der Waals surface area contributed by atoms with Crippen molar-refractivity contribution < 1.29 is 14.3 Å². The molecule has 0 unspecified atom stereocenters. The van der Waals surface area contributed by atoms with E-state index in [-0.39, 0.29) is 17.9 Å². The van der Waals surface area contributed by atoms with Crippen LogP contribution in [0, 0.1) is 12.8 Å². The topological polar surface area (TPSA) is 71.5 Å². The Kier molecular flexibility index (Phi) is 5.23. The Labute approximate surface area is 137 Å². The van der Waals surface area contributed by atoms with Crippen LogP contribution in [-0.4, -0.2) is 40.6 Å². The molecule has 0 aromatic carbocycles. The van der Waals surface area contributed by atoms with Crippen LogP contribution in [0.1, 0.15) is 39.2 Å². The highest BCUT2D eigenvalue weighted by Gasteiger charge is 2.31. The molecule has 0 aliphatic carbocycles. The van der Waals surface area contributed by atoms with Crippen molar-refractivity contribution in [1.82, 2.24) is 9.88 Å². The van der Waals surface area contributed by atoms with E-state index in [2.05, 4.69) is 10.3 Å². The number of nitrogens with zero attached hydrogens (tertiary/aromatic N) is 2. The van der Waals surface area contributed by atoms with Gasteiger partial charge in [0.15, 0.2) is 0 Å². The summed E-state index contributed by atoms with van der Waals surface area (Å²) in [5.74, 6) is 0.240. The van der Waals surface area contributed by atoms with Crippen molar-refractivity contribution in [3.05, 3.63) is 23.9 Å². The molecule has 23 heavy (non-hydrogen) atoms. The Balaban J connectivity index is 1.96. The second-order valence-corrected chi connectivity index (χ2v) is 6.92. The van der Waals surface area contributed by atoms with Gasteiger partial charge in [-0.1, -0.05) is 6.07 Å². The third-order valence-electron chi connectivity index (χ3n) is 3.69. The molecule has 6 nitrogen and oxygen atoms in total. The van der Waals surface area contributed by atoms with Gasteiger partial charge in [-0.15, -0.1) is 0 Å². The smallest absolute Gasteiger partial charge is 0.410 e. The molecule has 0 bridgehead atoms. The predicted octanol–water partition coefficient (Wildman–Crippen LogP) is 2.98. The van der Waals surface area contributed by atoms with Crippen molar-refractivity contribution in [2.24, 2.45) is 5.92 Å². The van der Waals surface area contributed by atoms with Crippen molar-refractivity contribution in [1.29, 1.82) is 0 Å². The number of amides is 2. The molecule has 0 radical (unpaired) electrons. The van der Waals surface area contributed by atoms with Crippen LogP contribution in [0.25, 0.3) is 0 Å². The van der Waals surface area contributed by atoms with Crippen LogP contribution in [0.3, 0.4) is 0 Å². The van der Waals surface area contributed by atoms with E-state index >= 15 is 0 Å². The third kappa shape index (κ3) is 4.94. The lowest BCUT2D eigenvalue weighted by Crippen LogP contribution is -2.45. The number of aromatic nitrogens is 1. The maximum atomic E-state index is 12.4. The molecule has 1 aliphatic rings. The Morgan fingerprint density at radius 1 is 1.39 bits per heavy atom.